The first kappa shape index (κ1) is 16.5. The maximum atomic E-state index is 13.2. The van der Waals surface area contributed by atoms with Crippen LogP contribution in [0.5, 0.6) is 0 Å². The number of hydrogen-bond acceptors (Lipinski definition) is 2. The molecule has 1 aromatic rings. The number of hydrogen-bond donors (Lipinski definition) is 2. The van der Waals surface area contributed by atoms with Crippen molar-refractivity contribution in [2.75, 3.05) is 6.61 Å². The standard InChI is InChI=1S/C14H18F3NO2/c1-7(2)8(3)14(20)18-12(6-19)9-4-10(15)13(17)11(16)5-9/h4-5,7-8,12,19H,6H2,1-3H3,(H,18,20). The Balaban J connectivity index is 2.94. The first-order valence-electron chi connectivity index (χ1n) is 6.33. The van der Waals surface area contributed by atoms with Crippen LogP contribution in [-0.2, 0) is 4.79 Å². The lowest BCUT2D eigenvalue weighted by Crippen LogP contribution is -2.36. The molecule has 0 saturated heterocycles. The molecule has 3 nitrogen and oxygen atoms in total. The maximum Gasteiger partial charge on any atom is 0.223 e. The molecule has 0 aliphatic rings. The number of aliphatic hydroxyl groups is 1. The van der Waals surface area contributed by atoms with E-state index in [-0.39, 0.29) is 23.3 Å². The molecule has 1 amide bonds. The Bertz CT molecular complexity index is 468. The van der Waals surface area contributed by atoms with Crippen LogP contribution in [0, 0.1) is 29.3 Å². The molecule has 2 N–H and O–H groups in total. The van der Waals surface area contributed by atoms with Crippen LogP contribution in [0.4, 0.5) is 13.2 Å². The average Bonchev–Trinajstić information content (AvgIpc) is 2.40. The maximum absolute atomic E-state index is 13.2. The molecule has 112 valence electrons. The summed E-state index contributed by atoms with van der Waals surface area (Å²) in [7, 11) is 0. The van der Waals surface area contributed by atoms with Crippen molar-refractivity contribution in [1.82, 2.24) is 5.32 Å². The van der Waals surface area contributed by atoms with Crippen molar-refractivity contribution >= 4 is 5.91 Å². The van der Waals surface area contributed by atoms with Crippen molar-refractivity contribution in [3.63, 3.8) is 0 Å². The van der Waals surface area contributed by atoms with Crippen LogP contribution >= 0.6 is 0 Å². The number of aliphatic hydroxyl groups excluding tert-OH is 1. The molecule has 6 heteroatoms. The Hall–Kier alpha value is -1.56. The minimum Gasteiger partial charge on any atom is -0.394 e. The fourth-order valence-corrected chi connectivity index (χ4v) is 1.62. The Labute approximate surface area is 115 Å². The normalized spacial score (nSPS) is 14.2. The zero-order valence-corrected chi connectivity index (χ0v) is 11.6. The molecule has 0 aromatic heterocycles. The number of nitrogens with one attached hydrogen (secondary N) is 1. The van der Waals surface area contributed by atoms with Crippen LogP contribution in [-0.4, -0.2) is 17.6 Å². The molecule has 0 aliphatic carbocycles. The number of rotatable bonds is 5. The largest absolute Gasteiger partial charge is 0.394 e. The van der Waals surface area contributed by atoms with E-state index in [0.717, 1.165) is 12.1 Å². The average molecular weight is 289 g/mol. The summed E-state index contributed by atoms with van der Waals surface area (Å²) in [4.78, 5) is 11.9. The molecule has 20 heavy (non-hydrogen) atoms. The highest BCUT2D eigenvalue weighted by Gasteiger charge is 2.22. The van der Waals surface area contributed by atoms with Crippen molar-refractivity contribution in [3.05, 3.63) is 35.1 Å². The quantitative estimate of drug-likeness (QED) is 0.818. The van der Waals surface area contributed by atoms with Gasteiger partial charge < -0.3 is 10.4 Å². The summed E-state index contributed by atoms with van der Waals surface area (Å²) in [5.41, 5.74) is -0.0202. The van der Waals surface area contributed by atoms with Gasteiger partial charge in [0.15, 0.2) is 17.5 Å². The zero-order valence-electron chi connectivity index (χ0n) is 11.6. The van der Waals surface area contributed by atoms with Crippen LogP contribution in [0.25, 0.3) is 0 Å². The van der Waals surface area contributed by atoms with Crippen molar-refractivity contribution in [2.24, 2.45) is 11.8 Å². The van der Waals surface area contributed by atoms with Crippen LogP contribution in [0.15, 0.2) is 12.1 Å². The van der Waals surface area contributed by atoms with Crippen LogP contribution in [0.1, 0.15) is 32.4 Å². The molecular weight excluding hydrogens is 271 g/mol. The van der Waals surface area contributed by atoms with Crippen molar-refractivity contribution in [1.29, 1.82) is 0 Å². The van der Waals surface area contributed by atoms with Gasteiger partial charge in [-0.15, -0.1) is 0 Å². The van der Waals surface area contributed by atoms with E-state index < -0.39 is 30.1 Å². The molecule has 2 atom stereocenters. The first-order valence-corrected chi connectivity index (χ1v) is 6.33. The third kappa shape index (κ3) is 3.72. The van der Waals surface area contributed by atoms with E-state index in [1.54, 1.807) is 6.92 Å². The lowest BCUT2D eigenvalue weighted by atomic mass is 9.96. The Morgan fingerprint density at radius 2 is 1.70 bits per heavy atom. The summed E-state index contributed by atoms with van der Waals surface area (Å²) in [5, 5.41) is 11.7. The van der Waals surface area contributed by atoms with Gasteiger partial charge in [-0.3, -0.25) is 4.79 Å². The number of carbonyl (C=O) groups excluding carboxylic acids is 1. The van der Waals surface area contributed by atoms with Gasteiger partial charge in [0.05, 0.1) is 12.6 Å². The Kier molecular flexibility index (Phi) is 5.56. The van der Waals surface area contributed by atoms with Crippen molar-refractivity contribution < 1.29 is 23.1 Å². The first-order chi connectivity index (χ1) is 9.27. The van der Waals surface area contributed by atoms with Crippen LogP contribution in [0.3, 0.4) is 0 Å². The van der Waals surface area contributed by atoms with Crippen LogP contribution in [0.2, 0.25) is 0 Å². The summed E-state index contributed by atoms with van der Waals surface area (Å²) in [6.45, 7) is 4.88. The number of amides is 1. The fraction of sp³-hybridized carbons (Fsp3) is 0.500. The molecule has 0 spiro atoms. The third-order valence-corrected chi connectivity index (χ3v) is 3.32. The highest BCUT2D eigenvalue weighted by Crippen LogP contribution is 2.20. The van der Waals surface area contributed by atoms with Gasteiger partial charge in [-0.1, -0.05) is 20.8 Å². The lowest BCUT2D eigenvalue weighted by molar-refractivity contribution is -0.126. The summed E-state index contributed by atoms with van der Waals surface area (Å²) in [6, 6.07) is 0.549. The molecular formula is C14H18F3NO2. The fourth-order valence-electron chi connectivity index (χ4n) is 1.62. The molecule has 0 saturated carbocycles. The molecule has 0 radical (unpaired) electrons. The summed E-state index contributed by atoms with van der Waals surface area (Å²) in [5.74, 6) is -4.87. The van der Waals surface area contributed by atoms with E-state index in [2.05, 4.69) is 5.32 Å². The molecule has 1 aromatic carbocycles. The van der Waals surface area contributed by atoms with Crippen molar-refractivity contribution in [3.8, 4) is 0 Å². The molecule has 0 bridgehead atoms. The minimum atomic E-state index is -1.58. The Morgan fingerprint density at radius 1 is 1.20 bits per heavy atom. The van der Waals surface area contributed by atoms with Gasteiger partial charge in [0.1, 0.15) is 0 Å². The molecule has 0 aliphatic heterocycles. The topological polar surface area (TPSA) is 49.3 Å². The minimum absolute atomic E-state index is 0.0202. The van der Waals surface area contributed by atoms with Gasteiger partial charge in [0.2, 0.25) is 5.91 Å². The van der Waals surface area contributed by atoms with Gasteiger partial charge in [-0.25, -0.2) is 13.2 Å². The van der Waals surface area contributed by atoms with Crippen molar-refractivity contribution in [2.45, 2.75) is 26.8 Å². The highest BCUT2D eigenvalue weighted by molar-refractivity contribution is 5.79. The monoisotopic (exact) mass is 289 g/mol. The molecule has 2 unspecified atom stereocenters. The number of carbonyl (C=O) groups is 1. The predicted octanol–water partition coefficient (Wildman–Crippen LogP) is 2.55. The molecule has 0 heterocycles. The van der Waals surface area contributed by atoms with Gasteiger partial charge in [0, 0.05) is 5.92 Å². The van der Waals surface area contributed by atoms with E-state index in [4.69, 9.17) is 0 Å². The lowest BCUT2D eigenvalue weighted by Gasteiger charge is -2.21. The smallest absolute Gasteiger partial charge is 0.223 e. The highest BCUT2D eigenvalue weighted by atomic mass is 19.2. The zero-order chi connectivity index (χ0) is 15.4. The van der Waals surface area contributed by atoms with E-state index >= 15 is 0 Å². The second kappa shape index (κ2) is 6.74. The van der Waals surface area contributed by atoms with Gasteiger partial charge in [-0.2, -0.15) is 0 Å². The second-order valence-corrected chi connectivity index (χ2v) is 5.07. The predicted molar refractivity (Wildman–Crippen MR) is 68.3 cm³/mol. The van der Waals surface area contributed by atoms with Crippen LogP contribution < -0.4 is 5.32 Å². The second-order valence-electron chi connectivity index (χ2n) is 5.07. The molecule has 0 fully saturated rings. The van der Waals surface area contributed by atoms with Gasteiger partial charge >= 0.3 is 0 Å². The number of halogens is 3. The summed E-state index contributed by atoms with van der Waals surface area (Å²) < 4.78 is 39.2. The van der Waals surface area contributed by atoms with E-state index in [9.17, 15) is 23.1 Å². The summed E-state index contributed by atoms with van der Waals surface area (Å²) >= 11 is 0. The SMILES string of the molecule is CC(C)C(C)C(=O)NC(CO)c1cc(F)c(F)c(F)c1. The molecule has 1 rings (SSSR count). The van der Waals surface area contributed by atoms with E-state index in [0.29, 0.717) is 0 Å². The van der Waals surface area contributed by atoms with E-state index in [1.807, 2.05) is 13.8 Å². The van der Waals surface area contributed by atoms with Gasteiger partial charge in [-0.05, 0) is 23.6 Å². The third-order valence-electron chi connectivity index (χ3n) is 3.32. The number of benzene rings is 1. The summed E-state index contributed by atoms with van der Waals surface area (Å²) in [6.07, 6.45) is 0. The van der Waals surface area contributed by atoms with Gasteiger partial charge in [0.25, 0.3) is 0 Å². The Morgan fingerprint density at radius 3 is 2.10 bits per heavy atom. The van der Waals surface area contributed by atoms with E-state index in [1.165, 1.54) is 0 Å².